The molecule has 2 aromatic rings. The van der Waals surface area contributed by atoms with Gasteiger partial charge in [-0.25, -0.2) is 8.42 Å². The topological polar surface area (TPSA) is 57.7 Å². The molecule has 2 rings (SSSR count). The highest BCUT2D eigenvalue weighted by Gasteiger charge is 2.26. The largest absolute Gasteiger partial charge is 0.335 e. The van der Waals surface area contributed by atoms with E-state index in [1.54, 1.807) is 41.3 Å². The Morgan fingerprint density at radius 1 is 1.04 bits per heavy atom. The van der Waals surface area contributed by atoms with Crippen LogP contribution in [0.15, 0.2) is 53.4 Å². The zero-order valence-corrected chi connectivity index (χ0v) is 17.7. The van der Waals surface area contributed by atoms with E-state index in [9.17, 15) is 13.2 Å². The van der Waals surface area contributed by atoms with Crippen LogP contribution >= 0.6 is 23.2 Å². The third-order valence-electron chi connectivity index (χ3n) is 4.09. The van der Waals surface area contributed by atoms with Gasteiger partial charge in [0.2, 0.25) is 15.9 Å². The first-order chi connectivity index (χ1) is 12.6. The van der Waals surface area contributed by atoms with Crippen molar-refractivity contribution < 1.29 is 13.2 Å². The SMILES string of the molecule is CC(C)N(Cc1ccc(Cl)c(Cl)c1)C(=O)CN(C)S(=O)(=O)c1ccccc1. The van der Waals surface area contributed by atoms with Crippen LogP contribution in [0.1, 0.15) is 19.4 Å². The lowest BCUT2D eigenvalue weighted by atomic mass is 10.2. The number of amides is 1. The summed E-state index contributed by atoms with van der Waals surface area (Å²) in [5.41, 5.74) is 0.819. The maximum Gasteiger partial charge on any atom is 0.243 e. The summed E-state index contributed by atoms with van der Waals surface area (Å²) in [6, 6.07) is 13.1. The van der Waals surface area contributed by atoms with E-state index in [0.717, 1.165) is 9.87 Å². The second kappa shape index (κ2) is 9.06. The predicted molar refractivity (Wildman–Crippen MR) is 108 cm³/mol. The fourth-order valence-corrected chi connectivity index (χ4v) is 3.99. The summed E-state index contributed by atoms with van der Waals surface area (Å²) < 4.78 is 26.3. The molecule has 0 saturated carbocycles. The number of halogens is 2. The maximum atomic E-state index is 12.8. The Labute approximate surface area is 170 Å². The molecule has 0 aromatic heterocycles. The Bertz CT molecular complexity index is 902. The van der Waals surface area contributed by atoms with Crippen LogP contribution in [0.5, 0.6) is 0 Å². The van der Waals surface area contributed by atoms with Gasteiger partial charge in [-0.2, -0.15) is 4.31 Å². The van der Waals surface area contributed by atoms with Crippen LogP contribution < -0.4 is 0 Å². The van der Waals surface area contributed by atoms with Gasteiger partial charge in [0, 0.05) is 19.6 Å². The van der Waals surface area contributed by atoms with E-state index >= 15 is 0 Å². The Balaban J connectivity index is 2.16. The third-order valence-corrected chi connectivity index (χ3v) is 6.65. The van der Waals surface area contributed by atoms with Gasteiger partial charge in [0.1, 0.15) is 0 Å². The molecule has 146 valence electrons. The number of rotatable bonds is 7. The molecule has 0 atom stereocenters. The average molecular weight is 429 g/mol. The number of nitrogens with zero attached hydrogens (tertiary/aromatic N) is 2. The van der Waals surface area contributed by atoms with Gasteiger partial charge < -0.3 is 4.90 Å². The van der Waals surface area contributed by atoms with Crippen molar-refractivity contribution in [3.05, 3.63) is 64.1 Å². The van der Waals surface area contributed by atoms with Crippen LogP contribution in [0.4, 0.5) is 0 Å². The summed E-state index contributed by atoms with van der Waals surface area (Å²) >= 11 is 12.0. The van der Waals surface area contributed by atoms with Gasteiger partial charge in [0.05, 0.1) is 21.5 Å². The molecular weight excluding hydrogens is 407 g/mol. The summed E-state index contributed by atoms with van der Waals surface area (Å²) in [4.78, 5) is 14.6. The number of benzene rings is 2. The normalized spacial score (nSPS) is 11.8. The second-order valence-corrected chi connectivity index (χ2v) is 9.30. The number of hydrogen-bond acceptors (Lipinski definition) is 3. The monoisotopic (exact) mass is 428 g/mol. The lowest BCUT2D eigenvalue weighted by Crippen LogP contribution is -2.43. The van der Waals surface area contributed by atoms with E-state index < -0.39 is 10.0 Å². The Kier molecular flexibility index (Phi) is 7.28. The molecule has 1 amide bonds. The molecule has 0 unspecified atom stereocenters. The highest BCUT2D eigenvalue weighted by Crippen LogP contribution is 2.24. The molecule has 0 N–H and O–H groups in total. The van der Waals surface area contributed by atoms with Gasteiger partial charge in [-0.05, 0) is 43.7 Å². The maximum absolute atomic E-state index is 12.8. The minimum Gasteiger partial charge on any atom is -0.335 e. The van der Waals surface area contributed by atoms with Crippen molar-refractivity contribution in [1.82, 2.24) is 9.21 Å². The van der Waals surface area contributed by atoms with E-state index in [-0.39, 0.29) is 23.4 Å². The summed E-state index contributed by atoms with van der Waals surface area (Å²) in [6.07, 6.45) is 0. The van der Waals surface area contributed by atoms with E-state index in [0.29, 0.717) is 16.6 Å². The molecule has 0 fully saturated rings. The van der Waals surface area contributed by atoms with E-state index in [2.05, 4.69) is 0 Å². The minimum absolute atomic E-state index is 0.111. The van der Waals surface area contributed by atoms with E-state index in [4.69, 9.17) is 23.2 Å². The van der Waals surface area contributed by atoms with E-state index in [1.165, 1.54) is 19.2 Å². The third kappa shape index (κ3) is 5.45. The highest BCUT2D eigenvalue weighted by molar-refractivity contribution is 7.89. The standard InChI is InChI=1S/C19H22Cl2N2O3S/c1-14(2)23(12-15-9-10-17(20)18(21)11-15)19(24)13-22(3)27(25,26)16-7-5-4-6-8-16/h4-11,14H,12-13H2,1-3H3. The van der Waals surface area contributed by atoms with Crippen LogP contribution in [0.2, 0.25) is 10.0 Å². The summed E-state index contributed by atoms with van der Waals surface area (Å²) in [5.74, 6) is -0.293. The van der Waals surface area contributed by atoms with E-state index in [1.807, 2.05) is 13.8 Å². The van der Waals surface area contributed by atoms with Gasteiger partial charge in [-0.1, -0.05) is 47.5 Å². The van der Waals surface area contributed by atoms with Gasteiger partial charge >= 0.3 is 0 Å². The molecule has 0 aliphatic heterocycles. The molecule has 0 aliphatic rings. The first kappa shape index (κ1) is 21.7. The molecule has 2 aromatic carbocycles. The molecule has 0 heterocycles. The number of sulfonamides is 1. The van der Waals surface area contributed by atoms with Crippen molar-refractivity contribution in [2.45, 2.75) is 31.3 Å². The first-order valence-corrected chi connectivity index (χ1v) is 10.6. The summed E-state index contributed by atoms with van der Waals surface area (Å²) in [5, 5.41) is 0.852. The fourth-order valence-electron chi connectivity index (χ4n) is 2.53. The highest BCUT2D eigenvalue weighted by atomic mass is 35.5. The molecule has 8 heteroatoms. The van der Waals surface area contributed by atoms with Crippen LogP contribution in [0.25, 0.3) is 0 Å². The molecule has 0 bridgehead atoms. The van der Waals surface area contributed by atoms with Crippen molar-refractivity contribution in [3.8, 4) is 0 Å². The Morgan fingerprint density at radius 2 is 1.67 bits per heavy atom. The van der Waals surface area contributed by atoms with Gasteiger partial charge in [-0.15, -0.1) is 0 Å². The summed E-state index contributed by atoms with van der Waals surface area (Å²) in [6.45, 7) is 3.81. The molecule has 5 nitrogen and oxygen atoms in total. The predicted octanol–water partition coefficient (Wildman–Crippen LogP) is 4.05. The smallest absolute Gasteiger partial charge is 0.243 e. The van der Waals surface area contributed by atoms with Gasteiger partial charge in [-0.3, -0.25) is 4.79 Å². The summed E-state index contributed by atoms with van der Waals surface area (Å²) in [7, 11) is -2.33. The molecule has 0 saturated heterocycles. The van der Waals surface area contributed by atoms with Crippen molar-refractivity contribution in [2.24, 2.45) is 0 Å². The quantitative estimate of drug-likeness (QED) is 0.667. The first-order valence-electron chi connectivity index (χ1n) is 8.37. The van der Waals surface area contributed by atoms with Crippen molar-refractivity contribution in [2.75, 3.05) is 13.6 Å². The molecule has 27 heavy (non-hydrogen) atoms. The molecule has 0 spiro atoms. The zero-order chi connectivity index (χ0) is 20.2. The van der Waals surface area contributed by atoms with Gasteiger partial charge in [0.15, 0.2) is 0 Å². The van der Waals surface area contributed by atoms with Crippen molar-refractivity contribution in [3.63, 3.8) is 0 Å². The number of carbonyl (C=O) groups excluding carboxylic acids is 1. The lowest BCUT2D eigenvalue weighted by molar-refractivity contribution is -0.133. The van der Waals surface area contributed by atoms with Crippen molar-refractivity contribution >= 4 is 39.1 Å². The van der Waals surface area contributed by atoms with Crippen LogP contribution in [-0.4, -0.2) is 43.2 Å². The second-order valence-electron chi connectivity index (χ2n) is 6.44. The van der Waals surface area contributed by atoms with Gasteiger partial charge in [0.25, 0.3) is 0 Å². The minimum atomic E-state index is -3.73. The molecular formula is C19H22Cl2N2O3S. The fraction of sp³-hybridized carbons (Fsp3) is 0.316. The number of hydrogen-bond donors (Lipinski definition) is 0. The Morgan fingerprint density at radius 3 is 2.22 bits per heavy atom. The Hall–Kier alpha value is -1.60. The lowest BCUT2D eigenvalue weighted by Gasteiger charge is -2.29. The number of carbonyl (C=O) groups is 1. The van der Waals surface area contributed by atoms with Crippen LogP contribution in [0, 0.1) is 0 Å². The molecule has 0 radical (unpaired) electrons. The van der Waals surface area contributed by atoms with Crippen LogP contribution in [0.3, 0.4) is 0 Å². The number of likely N-dealkylation sites (N-methyl/N-ethyl adjacent to an activating group) is 1. The van der Waals surface area contributed by atoms with Crippen LogP contribution in [-0.2, 0) is 21.4 Å². The molecule has 0 aliphatic carbocycles. The van der Waals surface area contributed by atoms with Crippen molar-refractivity contribution in [1.29, 1.82) is 0 Å². The average Bonchev–Trinajstić information content (AvgIpc) is 2.62. The zero-order valence-electron chi connectivity index (χ0n) is 15.4.